The monoisotopic (exact) mass is 375 g/mol. The summed E-state index contributed by atoms with van der Waals surface area (Å²) in [6, 6.07) is 8.23. The van der Waals surface area contributed by atoms with Crippen LogP contribution in [0.15, 0.2) is 30.3 Å². The predicted molar refractivity (Wildman–Crippen MR) is 104 cm³/mol. The zero-order chi connectivity index (χ0) is 19.3. The molecule has 0 bridgehead atoms. The fourth-order valence-electron chi connectivity index (χ4n) is 2.23. The number of anilines is 1. The van der Waals surface area contributed by atoms with Crippen LogP contribution in [0.3, 0.4) is 0 Å². The number of aromatic nitrogens is 1. The molecule has 2 amide bonds. The first-order valence-electron chi connectivity index (χ1n) is 8.42. The first-order valence-corrected chi connectivity index (χ1v) is 9.24. The van der Waals surface area contributed by atoms with Gasteiger partial charge in [0.2, 0.25) is 0 Å². The molecule has 1 aromatic carbocycles. The number of esters is 1. The van der Waals surface area contributed by atoms with Crippen molar-refractivity contribution in [3.8, 4) is 0 Å². The third kappa shape index (κ3) is 6.15. The van der Waals surface area contributed by atoms with E-state index in [0.29, 0.717) is 11.6 Å². The van der Waals surface area contributed by atoms with E-state index in [2.05, 4.69) is 15.6 Å². The van der Waals surface area contributed by atoms with Gasteiger partial charge in [-0.15, -0.1) is 11.3 Å². The molecular weight excluding hydrogens is 350 g/mol. The van der Waals surface area contributed by atoms with Gasteiger partial charge in [-0.2, -0.15) is 0 Å². The van der Waals surface area contributed by atoms with E-state index in [9.17, 15) is 9.59 Å². The number of carbonyl (C=O) groups excluding carboxylic acids is 2. The largest absolute Gasteiger partial charge is 0.458 e. The molecule has 2 aromatic rings. The molecule has 0 saturated heterocycles. The molecule has 1 heterocycles. The van der Waals surface area contributed by atoms with E-state index < -0.39 is 23.6 Å². The lowest BCUT2D eigenvalue weighted by atomic mass is 10.1. The molecule has 1 atom stereocenters. The van der Waals surface area contributed by atoms with E-state index in [1.165, 1.54) is 11.3 Å². The Morgan fingerprint density at radius 1 is 1.19 bits per heavy atom. The van der Waals surface area contributed by atoms with Crippen LogP contribution in [0.25, 0.3) is 0 Å². The van der Waals surface area contributed by atoms with Crippen LogP contribution in [0.4, 0.5) is 9.93 Å². The smallest absolute Gasteiger partial charge is 0.329 e. The molecule has 6 nitrogen and oxygen atoms in total. The van der Waals surface area contributed by atoms with Gasteiger partial charge >= 0.3 is 12.0 Å². The first kappa shape index (κ1) is 19.9. The highest BCUT2D eigenvalue weighted by Crippen LogP contribution is 2.21. The number of carbonyl (C=O) groups is 2. The highest BCUT2D eigenvalue weighted by atomic mass is 32.1. The normalized spacial score (nSPS) is 12.3. The van der Waals surface area contributed by atoms with Crippen molar-refractivity contribution in [2.45, 2.75) is 52.7 Å². The van der Waals surface area contributed by atoms with Crippen molar-refractivity contribution in [3.63, 3.8) is 0 Å². The topological polar surface area (TPSA) is 80.3 Å². The molecule has 0 radical (unpaired) electrons. The minimum atomic E-state index is -0.793. The molecule has 0 aliphatic rings. The highest BCUT2D eigenvalue weighted by molar-refractivity contribution is 7.15. The van der Waals surface area contributed by atoms with Crippen LogP contribution >= 0.6 is 11.3 Å². The Morgan fingerprint density at radius 2 is 1.85 bits per heavy atom. The Labute approximate surface area is 158 Å². The van der Waals surface area contributed by atoms with Crippen LogP contribution in [0, 0.1) is 13.8 Å². The molecule has 0 fully saturated rings. The second-order valence-corrected chi connectivity index (χ2v) is 8.24. The maximum absolute atomic E-state index is 12.5. The van der Waals surface area contributed by atoms with Gasteiger partial charge in [-0.1, -0.05) is 30.3 Å². The Balaban J connectivity index is 2.09. The average Bonchev–Trinajstić information content (AvgIpc) is 2.83. The van der Waals surface area contributed by atoms with Crippen LogP contribution in [0.2, 0.25) is 0 Å². The SMILES string of the molecule is Cc1nc(NC(=O)N[C@H](Cc2ccccc2)C(=O)OC(C)(C)C)sc1C. The van der Waals surface area contributed by atoms with Crippen molar-refractivity contribution in [2.24, 2.45) is 0 Å². The summed E-state index contributed by atoms with van der Waals surface area (Å²) in [7, 11) is 0. The third-order valence-electron chi connectivity index (χ3n) is 3.53. The van der Waals surface area contributed by atoms with Crippen molar-refractivity contribution in [3.05, 3.63) is 46.5 Å². The molecule has 2 N–H and O–H groups in total. The van der Waals surface area contributed by atoms with Gasteiger partial charge in [0.25, 0.3) is 0 Å². The zero-order valence-electron chi connectivity index (χ0n) is 15.8. The summed E-state index contributed by atoms with van der Waals surface area (Å²) < 4.78 is 5.45. The molecular formula is C19H25N3O3S. The van der Waals surface area contributed by atoms with Crippen LogP contribution < -0.4 is 10.6 Å². The second-order valence-electron chi connectivity index (χ2n) is 7.03. The summed E-state index contributed by atoms with van der Waals surface area (Å²) in [4.78, 5) is 30.2. The number of hydrogen-bond acceptors (Lipinski definition) is 5. The number of ether oxygens (including phenoxy) is 1. The molecule has 0 aliphatic heterocycles. The van der Waals surface area contributed by atoms with E-state index in [-0.39, 0.29) is 0 Å². The van der Waals surface area contributed by atoms with Crippen LogP contribution in [-0.4, -0.2) is 28.6 Å². The van der Waals surface area contributed by atoms with Crippen LogP contribution in [0.1, 0.15) is 36.9 Å². The Kier molecular flexibility index (Phi) is 6.37. The Morgan fingerprint density at radius 3 is 2.38 bits per heavy atom. The Hall–Kier alpha value is -2.41. The summed E-state index contributed by atoms with van der Waals surface area (Å²) in [6.45, 7) is 9.21. The van der Waals surface area contributed by atoms with E-state index in [1.54, 1.807) is 20.8 Å². The molecule has 2 rings (SSSR count). The standard InChI is InChI=1S/C19H25N3O3S/c1-12-13(2)26-18(20-12)22-17(24)21-15(16(23)25-19(3,4)5)11-14-9-7-6-8-10-14/h6-10,15H,11H2,1-5H3,(H2,20,21,22,24)/t15-/m1/s1. The van der Waals surface area contributed by atoms with Gasteiger partial charge < -0.3 is 10.1 Å². The number of rotatable bonds is 5. The van der Waals surface area contributed by atoms with Gasteiger partial charge in [-0.25, -0.2) is 14.6 Å². The number of hydrogen-bond donors (Lipinski definition) is 2. The Bertz CT molecular complexity index is 747. The van der Waals surface area contributed by atoms with Gasteiger partial charge in [0, 0.05) is 11.3 Å². The molecule has 0 unspecified atom stereocenters. The van der Waals surface area contributed by atoms with Crippen LogP contribution in [-0.2, 0) is 16.0 Å². The maximum atomic E-state index is 12.5. The average molecular weight is 375 g/mol. The van der Waals surface area contributed by atoms with E-state index in [1.807, 2.05) is 44.2 Å². The number of amides is 2. The maximum Gasteiger partial charge on any atom is 0.329 e. The van der Waals surface area contributed by atoms with Crippen LogP contribution in [0.5, 0.6) is 0 Å². The van der Waals surface area contributed by atoms with Crippen molar-refractivity contribution in [1.82, 2.24) is 10.3 Å². The molecule has 0 aliphatic carbocycles. The number of nitrogens with zero attached hydrogens (tertiary/aromatic N) is 1. The summed E-state index contributed by atoms with van der Waals surface area (Å²) >= 11 is 1.39. The van der Waals surface area contributed by atoms with Crippen molar-refractivity contribution < 1.29 is 14.3 Å². The van der Waals surface area contributed by atoms with Gasteiger partial charge in [-0.05, 0) is 40.2 Å². The van der Waals surface area contributed by atoms with E-state index in [0.717, 1.165) is 16.1 Å². The van der Waals surface area contributed by atoms with Gasteiger partial charge in [-0.3, -0.25) is 5.32 Å². The van der Waals surface area contributed by atoms with Gasteiger partial charge in [0.15, 0.2) is 5.13 Å². The van der Waals surface area contributed by atoms with Crippen molar-refractivity contribution >= 4 is 28.5 Å². The summed E-state index contributed by atoms with van der Waals surface area (Å²) in [5, 5.41) is 5.89. The molecule has 0 spiro atoms. The highest BCUT2D eigenvalue weighted by Gasteiger charge is 2.27. The molecule has 7 heteroatoms. The number of urea groups is 1. The number of thiazole rings is 1. The lowest BCUT2D eigenvalue weighted by Gasteiger charge is -2.24. The fraction of sp³-hybridized carbons (Fsp3) is 0.421. The van der Waals surface area contributed by atoms with Gasteiger partial charge in [0.05, 0.1) is 5.69 Å². The molecule has 0 saturated carbocycles. The lowest BCUT2D eigenvalue weighted by Crippen LogP contribution is -2.47. The van der Waals surface area contributed by atoms with E-state index in [4.69, 9.17) is 4.74 Å². The number of benzene rings is 1. The lowest BCUT2D eigenvalue weighted by molar-refractivity contribution is -0.157. The van der Waals surface area contributed by atoms with Crippen molar-refractivity contribution in [1.29, 1.82) is 0 Å². The minimum absolute atomic E-state index is 0.346. The second kappa shape index (κ2) is 8.31. The molecule has 1 aromatic heterocycles. The predicted octanol–water partition coefficient (Wildman–Crippen LogP) is 3.83. The van der Waals surface area contributed by atoms with E-state index >= 15 is 0 Å². The summed E-state index contributed by atoms with van der Waals surface area (Å²) in [5.74, 6) is -0.469. The first-order chi connectivity index (χ1) is 12.1. The quantitative estimate of drug-likeness (QED) is 0.778. The zero-order valence-corrected chi connectivity index (χ0v) is 16.6. The fourth-order valence-corrected chi connectivity index (χ4v) is 3.04. The number of nitrogens with one attached hydrogen (secondary N) is 2. The van der Waals surface area contributed by atoms with Crippen molar-refractivity contribution in [2.75, 3.05) is 5.32 Å². The van der Waals surface area contributed by atoms with Gasteiger partial charge in [0.1, 0.15) is 11.6 Å². The molecule has 140 valence electrons. The summed E-state index contributed by atoms with van der Waals surface area (Å²) in [6.07, 6.45) is 0.346. The number of aryl methyl sites for hydroxylation is 2. The minimum Gasteiger partial charge on any atom is -0.458 e. The summed E-state index contributed by atoms with van der Waals surface area (Å²) in [5.41, 5.74) is 1.18. The molecule has 26 heavy (non-hydrogen) atoms. The third-order valence-corrected chi connectivity index (χ3v) is 4.52.